The number of carbonyl (C=O) groups is 2. The molecule has 0 radical (unpaired) electrons. The number of ether oxygens (including phenoxy) is 2. The van der Waals surface area contributed by atoms with Gasteiger partial charge >= 0.3 is 6.16 Å². The number of rotatable bonds is 2. The van der Waals surface area contributed by atoms with Crippen molar-refractivity contribution in [3.05, 3.63) is 24.0 Å². The minimum absolute atomic E-state index is 0.0359. The summed E-state index contributed by atoms with van der Waals surface area (Å²) in [5.74, 6) is 0.0359. The van der Waals surface area contributed by atoms with Crippen molar-refractivity contribution in [1.29, 1.82) is 0 Å². The molecule has 1 aromatic heterocycles. The summed E-state index contributed by atoms with van der Waals surface area (Å²) in [5, 5.41) is 0. The Morgan fingerprint density at radius 3 is 2.62 bits per heavy atom. The zero-order chi connectivity index (χ0) is 15.0. The third-order valence-electron chi connectivity index (χ3n) is 4.27. The predicted octanol–water partition coefficient (Wildman–Crippen LogP) is 2.21. The zero-order valence-corrected chi connectivity index (χ0v) is 12.4. The number of aromatic nitrogens is 1. The van der Waals surface area contributed by atoms with Crippen LogP contribution in [0.25, 0.3) is 0 Å². The molecule has 2 saturated heterocycles. The molecule has 114 valence electrons. The van der Waals surface area contributed by atoms with Gasteiger partial charge in [0.2, 0.25) is 0 Å². The van der Waals surface area contributed by atoms with E-state index in [1.807, 2.05) is 27.8 Å². The Hall–Kier alpha value is -1.98. The van der Waals surface area contributed by atoms with Crippen molar-refractivity contribution >= 4 is 12.1 Å². The van der Waals surface area contributed by atoms with E-state index in [0.29, 0.717) is 38.2 Å². The summed E-state index contributed by atoms with van der Waals surface area (Å²) >= 11 is 0. The molecule has 3 rings (SSSR count). The molecule has 6 nitrogen and oxygen atoms in total. The summed E-state index contributed by atoms with van der Waals surface area (Å²) < 4.78 is 12.1. The van der Waals surface area contributed by atoms with Crippen molar-refractivity contribution in [1.82, 2.24) is 9.47 Å². The number of likely N-dealkylation sites (tertiary alicyclic amines) is 1. The Labute approximate surface area is 123 Å². The second-order valence-corrected chi connectivity index (χ2v) is 6.01. The average Bonchev–Trinajstić information content (AvgIpc) is 3.07. The molecule has 0 aliphatic carbocycles. The fourth-order valence-corrected chi connectivity index (χ4v) is 2.98. The van der Waals surface area contributed by atoms with Gasteiger partial charge < -0.3 is 18.9 Å². The Kier molecular flexibility index (Phi) is 3.39. The largest absolute Gasteiger partial charge is 0.509 e. The van der Waals surface area contributed by atoms with Crippen LogP contribution >= 0.6 is 0 Å². The maximum absolute atomic E-state index is 12.6. The Balaban J connectivity index is 1.68. The molecule has 1 aromatic rings. The maximum Gasteiger partial charge on any atom is 0.509 e. The molecule has 0 N–H and O–H groups in total. The van der Waals surface area contributed by atoms with Gasteiger partial charge in [-0.25, -0.2) is 4.79 Å². The highest BCUT2D eigenvalue weighted by Crippen LogP contribution is 2.32. The molecular weight excluding hydrogens is 272 g/mol. The highest BCUT2D eigenvalue weighted by atomic mass is 16.8. The van der Waals surface area contributed by atoms with E-state index < -0.39 is 11.8 Å². The first-order valence-corrected chi connectivity index (χ1v) is 7.33. The smallest absolute Gasteiger partial charge is 0.430 e. The quantitative estimate of drug-likeness (QED) is 0.784. The van der Waals surface area contributed by atoms with Gasteiger partial charge in [-0.05, 0) is 26.0 Å². The van der Waals surface area contributed by atoms with Crippen LogP contribution in [-0.4, -0.2) is 46.8 Å². The van der Waals surface area contributed by atoms with Crippen molar-refractivity contribution in [2.45, 2.75) is 38.3 Å². The highest BCUT2D eigenvalue weighted by molar-refractivity contribution is 5.93. The number of piperidine rings is 1. The predicted molar refractivity (Wildman–Crippen MR) is 75.1 cm³/mol. The zero-order valence-electron chi connectivity index (χ0n) is 12.4. The van der Waals surface area contributed by atoms with Gasteiger partial charge in [-0.15, -0.1) is 0 Å². The van der Waals surface area contributed by atoms with Crippen LogP contribution in [0.3, 0.4) is 0 Å². The molecule has 21 heavy (non-hydrogen) atoms. The van der Waals surface area contributed by atoms with Gasteiger partial charge in [-0.1, -0.05) is 0 Å². The SMILES string of the molecule is CC(C)n1cccc1C(=O)N1CCC2(CC1)COC(=O)O2. The number of hydrogen-bond donors (Lipinski definition) is 0. The molecule has 1 amide bonds. The van der Waals surface area contributed by atoms with Gasteiger partial charge in [0.25, 0.3) is 5.91 Å². The summed E-state index contributed by atoms with van der Waals surface area (Å²) in [5.41, 5.74) is 0.189. The first-order chi connectivity index (χ1) is 10.0. The summed E-state index contributed by atoms with van der Waals surface area (Å²) in [6.07, 6.45) is 2.60. The van der Waals surface area contributed by atoms with Crippen molar-refractivity contribution in [3.8, 4) is 0 Å². The van der Waals surface area contributed by atoms with Gasteiger partial charge in [0, 0.05) is 38.2 Å². The fourth-order valence-electron chi connectivity index (χ4n) is 2.98. The molecule has 0 bridgehead atoms. The number of amides is 1. The molecule has 2 aliphatic rings. The number of carbonyl (C=O) groups excluding carboxylic acids is 2. The van der Waals surface area contributed by atoms with Crippen LogP contribution in [0.5, 0.6) is 0 Å². The molecule has 0 atom stereocenters. The Morgan fingerprint density at radius 2 is 2.05 bits per heavy atom. The van der Waals surface area contributed by atoms with E-state index in [1.54, 1.807) is 0 Å². The lowest BCUT2D eigenvalue weighted by Gasteiger charge is -2.36. The van der Waals surface area contributed by atoms with Gasteiger partial charge in [-0.3, -0.25) is 4.79 Å². The third-order valence-corrected chi connectivity index (χ3v) is 4.27. The molecular formula is C15H20N2O4. The molecule has 2 aliphatic heterocycles. The van der Waals surface area contributed by atoms with E-state index in [0.717, 1.165) is 0 Å². The van der Waals surface area contributed by atoms with Crippen LogP contribution in [0, 0.1) is 0 Å². The van der Waals surface area contributed by atoms with Crippen LogP contribution in [0.15, 0.2) is 18.3 Å². The number of hydrogen-bond acceptors (Lipinski definition) is 4. The lowest BCUT2D eigenvalue weighted by molar-refractivity contribution is 0.00247. The Morgan fingerprint density at radius 1 is 1.33 bits per heavy atom. The van der Waals surface area contributed by atoms with Gasteiger partial charge in [0.1, 0.15) is 12.3 Å². The van der Waals surface area contributed by atoms with E-state index in [4.69, 9.17) is 9.47 Å². The molecule has 6 heteroatoms. The summed E-state index contributed by atoms with van der Waals surface area (Å²) in [6, 6.07) is 4.00. The van der Waals surface area contributed by atoms with Gasteiger partial charge in [-0.2, -0.15) is 0 Å². The van der Waals surface area contributed by atoms with Crippen molar-refractivity contribution in [2.24, 2.45) is 0 Å². The lowest BCUT2D eigenvalue weighted by atomic mass is 9.92. The third kappa shape index (κ3) is 2.50. The number of cyclic esters (lactones) is 1. The van der Waals surface area contributed by atoms with E-state index in [9.17, 15) is 9.59 Å². The number of nitrogens with zero attached hydrogens (tertiary/aromatic N) is 2. The van der Waals surface area contributed by atoms with Crippen LogP contribution in [-0.2, 0) is 9.47 Å². The molecule has 3 heterocycles. The highest BCUT2D eigenvalue weighted by Gasteiger charge is 2.45. The van der Waals surface area contributed by atoms with E-state index in [1.165, 1.54) is 0 Å². The fraction of sp³-hybridized carbons (Fsp3) is 0.600. The Bertz CT molecular complexity index is 556. The first-order valence-electron chi connectivity index (χ1n) is 7.33. The molecule has 1 spiro atoms. The average molecular weight is 292 g/mol. The van der Waals surface area contributed by atoms with Crippen molar-refractivity contribution in [2.75, 3.05) is 19.7 Å². The normalized spacial score (nSPS) is 20.7. The van der Waals surface area contributed by atoms with Crippen molar-refractivity contribution < 1.29 is 19.1 Å². The van der Waals surface area contributed by atoms with Crippen LogP contribution < -0.4 is 0 Å². The van der Waals surface area contributed by atoms with Crippen LogP contribution in [0.1, 0.15) is 43.2 Å². The maximum atomic E-state index is 12.6. The second-order valence-electron chi connectivity index (χ2n) is 6.01. The van der Waals surface area contributed by atoms with Gasteiger partial charge in [0.15, 0.2) is 5.60 Å². The molecule has 0 aromatic carbocycles. The molecule has 2 fully saturated rings. The van der Waals surface area contributed by atoms with E-state index >= 15 is 0 Å². The summed E-state index contributed by atoms with van der Waals surface area (Å²) in [4.78, 5) is 25.6. The van der Waals surface area contributed by atoms with E-state index in [2.05, 4.69) is 13.8 Å². The summed E-state index contributed by atoms with van der Waals surface area (Å²) in [6.45, 7) is 5.57. The molecule has 0 unspecified atom stereocenters. The topological polar surface area (TPSA) is 60.8 Å². The lowest BCUT2D eigenvalue weighted by Crippen LogP contribution is -2.48. The van der Waals surface area contributed by atoms with Gasteiger partial charge in [0.05, 0.1) is 0 Å². The van der Waals surface area contributed by atoms with E-state index in [-0.39, 0.29) is 11.9 Å². The van der Waals surface area contributed by atoms with Crippen LogP contribution in [0.2, 0.25) is 0 Å². The minimum Gasteiger partial charge on any atom is -0.430 e. The monoisotopic (exact) mass is 292 g/mol. The van der Waals surface area contributed by atoms with Crippen molar-refractivity contribution in [3.63, 3.8) is 0 Å². The molecule has 0 saturated carbocycles. The first kappa shape index (κ1) is 14.0. The second kappa shape index (κ2) is 5.09. The minimum atomic E-state index is -0.594. The van der Waals surface area contributed by atoms with Crippen LogP contribution in [0.4, 0.5) is 4.79 Å². The standard InChI is InChI=1S/C15H20N2O4/c1-11(2)17-7-3-4-12(17)13(18)16-8-5-15(6-9-16)10-20-14(19)21-15/h3-4,7,11H,5-6,8-10H2,1-2H3. The summed E-state index contributed by atoms with van der Waals surface area (Å²) in [7, 11) is 0.